The molecular formula is C22H27FN4OS. The van der Waals surface area contributed by atoms with Crippen molar-refractivity contribution in [1.29, 1.82) is 0 Å². The lowest BCUT2D eigenvalue weighted by atomic mass is 10.2. The van der Waals surface area contributed by atoms with Gasteiger partial charge in [-0.3, -0.25) is 4.79 Å². The van der Waals surface area contributed by atoms with Crippen molar-refractivity contribution in [2.24, 2.45) is 4.99 Å². The van der Waals surface area contributed by atoms with E-state index < -0.39 is 0 Å². The van der Waals surface area contributed by atoms with E-state index in [1.807, 2.05) is 20.0 Å². The Morgan fingerprint density at radius 2 is 2.17 bits per heavy atom. The van der Waals surface area contributed by atoms with Crippen LogP contribution in [0.1, 0.15) is 43.8 Å². The molecule has 0 aliphatic carbocycles. The summed E-state index contributed by atoms with van der Waals surface area (Å²) >= 11 is 1.32. The van der Waals surface area contributed by atoms with Crippen LogP contribution in [0.25, 0.3) is 10.2 Å². The molecule has 0 fully saturated rings. The van der Waals surface area contributed by atoms with Gasteiger partial charge >= 0.3 is 0 Å². The number of nitrogens with one attached hydrogen (secondary N) is 1. The van der Waals surface area contributed by atoms with Crippen LogP contribution in [0.4, 0.5) is 15.8 Å². The molecule has 0 aromatic carbocycles. The molecule has 2 aromatic heterocycles. The Morgan fingerprint density at radius 3 is 2.83 bits per heavy atom. The van der Waals surface area contributed by atoms with Gasteiger partial charge in [-0.25, -0.2) is 14.4 Å². The Bertz CT molecular complexity index is 988. The number of halogens is 1. The maximum atomic E-state index is 13.9. The second-order valence-electron chi connectivity index (χ2n) is 6.57. The fourth-order valence-electron chi connectivity index (χ4n) is 2.64. The zero-order valence-corrected chi connectivity index (χ0v) is 18.3. The Labute approximate surface area is 175 Å². The molecule has 0 amide bonds. The predicted molar refractivity (Wildman–Crippen MR) is 122 cm³/mol. The SMILES string of the molecule is C\C=C/C(F)=C(C)\C=C(/C)N(C)C=Nc1c(C=O)sc2nccc(NCCC)c12. The predicted octanol–water partition coefficient (Wildman–Crippen LogP) is 6.25. The standard InChI is InChI=1S/C22H27FN4OS/c1-6-8-17(23)15(3)12-16(4)27(5)14-26-21-19(13-28)29-22-20(21)18(9-11-25-22)24-10-7-2/h6,8-9,11-14H,7,10H2,1-5H3,(H,24,25)/b8-6-,16-12+,17-15+,26-14?. The van der Waals surface area contributed by atoms with Crippen LogP contribution in [0, 0.1) is 0 Å². The molecule has 5 nitrogen and oxygen atoms in total. The first-order chi connectivity index (χ1) is 13.9. The van der Waals surface area contributed by atoms with Crippen molar-refractivity contribution >= 4 is 45.6 Å². The molecule has 0 radical (unpaired) electrons. The third-order valence-electron chi connectivity index (χ3n) is 4.30. The molecule has 1 N–H and O–H groups in total. The highest BCUT2D eigenvalue weighted by atomic mass is 32.1. The van der Waals surface area contributed by atoms with Crippen molar-refractivity contribution in [3.8, 4) is 0 Å². The van der Waals surface area contributed by atoms with Gasteiger partial charge in [0.15, 0.2) is 6.29 Å². The van der Waals surface area contributed by atoms with Crippen LogP contribution in [0.5, 0.6) is 0 Å². The van der Waals surface area contributed by atoms with Crippen molar-refractivity contribution in [2.75, 3.05) is 18.9 Å². The van der Waals surface area contributed by atoms with Crippen LogP contribution in [0.3, 0.4) is 0 Å². The number of fused-ring (bicyclic) bond motifs is 1. The number of anilines is 1. The van der Waals surface area contributed by atoms with Crippen LogP contribution in [0.2, 0.25) is 0 Å². The second-order valence-corrected chi connectivity index (χ2v) is 7.60. The summed E-state index contributed by atoms with van der Waals surface area (Å²) in [6.07, 6.45) is 10.0. The van der Waals surface area contributed by atoms with E-state index in [1.165, 1.54) is 17.4 Å². The summed E-state index contributed by atoms with van der Waals surface area (Å²) in [5, 5.41) is 4.22. The van der Waals surface area contributed by atoms with Crippen molar-refractivity contribution in [3.63, 3.8) is 0 Å². The molecule has 0 saturated heterocycles. The van der Waals surface area contributed by atoms with Crippen LogP contribution < -0.4 is 5.32 Å². The van der Waals surface area contributed by atoms with Crippen molar-refractivity contribution in [1.82, 2.24) is 9.88 Å². The van der Waals surface area contributed by atoms with Crippen molar-refractivity contribution in [2.45, 2.75) is 34.1 Å². The normalized spacial score (nSPS) is 13.4. The van der Waals surface area contributed by atoms with Gasteiger partial charge in [-0.2, -0.15) is 0 Å². The van der Waals surface area contributed by atoms with Crippen molar-refractivity contribution in [3.05, 3.63) is 52.5 Å². The average molecular weight is 415 g/mol. The molecule has 0 saturated carbocycles. The first-order valence-corrected chi connectivity index (χ1v) is 10.3. The number of pyridine rings is 1. The highest BCUT2D eigenvalue weighted by molar-refractivity contribution is 7.21. The smallest absolute Gasteiger partial charge is 0.162 e. The molecular weight excluding hydrogens is 387 g/mol. The maximum Gasteiger partial charge on any atom is 0.162 e. The van der Waals surface area contributed by atoms with Crippen LogP contribution in [-0.2, 0) is 0 Å². The molecule has 29 heavy (non-hydrogen) atoms. The second kappa shape index (κ2) is 10.7. The molecule has 2 aromatic rings. The van der Waals surface area contributed by atoms with Gasteiger partial charge in [-0.15, -0.1) is 11.3 Å². The Hall–Kier alpha value is -2.80. The van der Waals surface area contributed by atoms with Gasteiger partial charge in [-0.1, -0.05) is 13.0 Å². The lowest BCUT2D eigenvalue weighted by Gasteiger charge is -2.14. The van der Waals surface area contributed by atoms with Crippen LogP contribution in [0.15, 0.2) is 52.6 Å². The molecule has 0 spiro atoms. The number of hydrogen-bond donors (Lipinski definition) is 1. The molecule has 154 valence electrons. The molecule has 2 heterocycles. The highest BCUT2D eigenvalue weighted by Crippen LogP contribution is 2.40. The summed E-state index contributed by atoms with van der Waals surface area (Å²) in [7, 11) is 1.83. The number of aldehydes is 1. The number of aromatic nitrogens is 1. The minimum atomic E-state index is -0.276. The summed E-state index contributed by atoms with van der Waals surface area (Å²) < 4.78 is 13.9. The van der Waals surface area contributed by atoms with E-state index in [0.29, 0.717) is 16.1 Å². The van der Waals surface area contributed by atoms with E-state index in [-0.39, 0.29) is 5.83 Å². The third kappa shape index (κ3) is 5.60. The topological polar surface area (TPSA) is 57.6 Å². The fourth-order valence-corrected chi connectivity index (χ4v) is 3.57. The number of aliphatic imine (C=N–C) groups is 1. The number of rotatable bonds is 9. The van der Waals surface area contributed by atoms with E-state index in [2.05, 4.69) is 22.2 Å². The van der Waals surface area contributed by atoms with Gasteiger partial charge in [-0.05, 0) is 51.0 Å². The van der Waals surface area contributed by atoms with Gasteiger partial charge in [0.05, 0.1) is 22.3 Å². The fraction of sp³-hybridized carbons (Fsp3) is 0.318. The molecule has 0 aliphatic heterocycles. The monoisotopic (exact) mass is 414 g/mol. The quantitative estimate of drug-likeness (QED) is 0.228. The highest BCUT2D eigenvalue weighted by Gasteiger charge is 2.15. The molecule has 0 aliphatic rings. The molecule has 7 heteroatoms. The molecule has 2 rings (SSSR count). The van der Waals surface area contributed by atoms with Gasteiger partial charge < -0.3 is 10.2 Å². The Balaban J connectivity index is 2.40. The molecule has 0 bridgehead atoms. The number of thiophene rings is 1. The van der Waals surface area contributed by atoms with Gasteiger partial charge in [0, 0.05) is 31.2 Å². The molecule has 0 unspecified atom stereocenters. The zero-order valence-electron chi connectivity index (χ0n) is 17.5. The largest absolute Gasteiger partial charge is 0.384 e. The van der Waals surface area contributed by atoms with Crippen LogP contribution >= 0.6 is 11.3 Å². The van der Waals surface area contributed by atoms with E-state index >= 15 is 0 Å². The van der Waals surface area contributed by atoms with Gasteiger partial charge in [0.25, 0.3) is 0 Å². The zero-order chi connectivity index (χ0) is 21.4. The summed E-state index contributed by atoms with van der Waals surface area (Å²) in [6.45, 7) is 8.28. The van der Waals surface area contributed by atoms with E-state index in [1.54, 1.807) is 43.4 Å². The minimum Gasteiger partial charge on any atom is -0.384 e. The lowest BCUT2D eigenvalue weighted by Crippen LogP contribution is -2.13. The van der Waals surface area contributed by atoms with Gasteiger partial charge in [0.1, 0.15) is 10.7 Å². The number of carbonyl (C=O) groups excluding carboxylic acids is 1. The first kappa shape index (κ1) is 22.5. The van der Waals surface area contributed by atoms with E-state index in [0.717, 1.165) is 40.9 Å². The summed E-state index contributed by atoms with van der Waals surface area (Å²) in [5.74, 6) is -0.276. The Kier molecular flexibility index (Phi) is 8.27. The molecule has 0 atom stereocenters. The number of allylic oxidation sites excluding steroid dienone is 6. The van der Waals surface area contributed by atoms with Crippen LogP contribution in [-0.4, -0.2) is 36.1 Å². The van der Waals surface area contributed by atoms with E-state index in [9.17, 15) is 9.18 Å². The van der Waals surface area contributed by atoms with Crippen molar-refractivity contribution < 1.29 is 9.18 Å². The summed E-state index contributed by atoms with van der Waals surface area (Å²) in [5.41, 5.74) is 2.86. The third-order valence-corrected chi connectivity index (χ3v) is 5.31. The number of nitrogens with zero attached hydrogens (tertiary/aromatic N) is 3. The Morgan fingerprint density at radius 1 is 1.41 bits per heavy atom. The average Bonchev–Trinajstić information content (AvgIpc) is 3.08. The number of hydrogen-bond acceptors (Lipinski definition) is 5. The maximum absolute atomic E-state index is 13.9. The summed E-state index contributed by atoms with van der Waals surface area (Å²) in [4.78, 5) is 23.6. The van der Waals surface area contributed by atoms with Gasteiger partial charge in [0.2, 0.25) is 0 Å². The van der Waals surface area contributed by atoms with E-state index in [4.69, 9.17) is 0 Å². The minimum absolute atomic E-state index is 0.276. The lowest BCUT2D eigenvalue weighted by molar-refractivity contribution is 0.112. The first-order valence-electron chi connectivity index (χ1n) is 9.47. The summed E-state index contributed by atoms with van der Waals surface area (Å²) in [6, 6.07) is 1.89. The number of carbonyl (C=O) groups is 1.